The summed E-state index contributed by atoms with van der Waals surface area (Å²) in [6, 6.07) is 14.4. The second-order valence-corrected chi connectivity index (χ2v) is 8.79. The first kappa shape index (κ1) is 24.8. The molecule has 1 aliphatic rings. The lowest BCUT2D eigenvalue weighted by Crippen LogP contribution is -2.41. The van der Waals surface area contributed by atoms with Gasteiger partial charge in [0.2, 0.25) is 5.91 Å². The van der Waals surface area contributed by atoms with Crippen molar-refractivity contribution >= 4 is 33.9 Å². The molecule has 2 aromatic carbocycles. The zero-order valence-corrected chi connectivity index (χ0v) is 20.3. The number of rotatable bonds is 8. The third-order valence-corrected chi connectivity index (χ3v) is 6.41. The number of nitrogens with one attached hydrogen (secondary N) is 1. The van der Waals surface area contributed by atoms with E-state index in [9.17, 15) is 14.4 Å². The number of likely N-dealkylation sites (tertiary alicyclic amines) is 1. The number of carbonyl (C=O) groups excluding carboxylic acids is 3. The molecule has 0 spiro atoms. The first-order valence-electron chi connectivity index (χ1n) is 11.2. The number of nitrogens with zero attached hydrogens (tertiary/aromatic N) is 1. The third-order valence-electron chi connectivity index (χ3n) is 5.63. The van der Waals surface area contributed by atoms with Gasteiger partial charge >= 0.3 is 6.16 Å². The van der Waals surface area contributed by atoms with E-state index >= 15 is 0 Å². The van der Waals surface area contributed by atoms with Gasteiger partial charge < -0.3 is 19.7 Å². The Hall–Kier alpha value is -2.87. The molecule has 3 rings (SSSR count). The van der Waals surface area contributed by atoms with E-state index in [1.165, 1.54) is 0 Å². The molecule has 176 valence electrons. The second-order valence-electron chi connectivity index (χ2n) is 7.94. The molecule has 0 bridgehead atoms. The van der Waals surface area contributed by atoms with Crippen molar-refractivity contribution in [1.29, 1.82) is 0 Å². The summed E-state index contributed by atoms with van der Waals surface area (Å²) in [5.41, 5.74) is 1.67. The fourth-order valence-electron chi connectivity index (χ4n) is 3.73. The van der Waals surface area contributed by atoms with Crippen LogP contribution in [0.25, 0.3) is 0 Å². The van der Waals surface area contributed by atoms with E-state index in [1.54, 1.807) is 31.2 Å². The van der Waals surface area contributed by atoms with Gasteiger partial charge in [-0.3, -0.25) is 9.59 Å². The van der Waals surface area contributed by atoms with Crippen molar-refractivity contribution in [3.8, 4) is 5.75 Å². The summed E-state index contributed by atoms with van der Waals surface area (Å²) in [7, 11) is 0. The predicted octanol–water partition coefficient (Wildman–Crippen LogP) is 4.59. The number of benzene rings is 2. The Kier molecular flexibility index (Phi) is 9.30. The lowest BCUT2D eigenvalue weighted by molar-refractivity contribution is -0.121. The highest BCUT2D eigenvalue weighted by molar-refractivity contribution is 9.10. The molecule has 0 atom stereocenters. The number of hydrogen-bond acceptors (Lipinski definition) is 5. The van der Waals surface area contributed by atoms with Gasteiger partial charge in [-0.2, -0.15) is 0 Å². The average molecular weight is 517 g/mol. The first-order valence-corrected chi connectivity index (χ1v) is 12.0. The van der Waals surface area contributed by atoms with Crippen molar-refractivity contribution in [2.75, 3.05) is 26.2 Å². The van der Waals surface area contributed by atoms with Crippen molar-refractivity contribution in [3.63, 3.8) is 0 Å². The molecule has 0 aromatic heterocycles. The summed E-state index contributed by atoms with van der Waals surface area (Å²) in [6.07, 6.45) is 2.08. The number of aryl methyl sites for hydroxylation is 1. The predicted molar refractivity (Wildman–Crippen MR) is 128 cm³/mol. The van der Waals surface area contributed by atoms with Crippen LogP contribution in [-0.2, 0) is 16.0 Å². The van der Waals surface area contributed by atoms with E-state index < -0.39 is 6.16 Å². The molecule has 8 heteroatoms. The van der Waals surface area contributed by atoms with Crippen molar-refractivity contribution in [3.05, 3.63) is 64.1 Å². The fraction of sp³-hybridized carbons (Fsp3) is 0.400. The van der Waals surface area contributed by atoms with Crippen molar-refractivity contribution in [2.24, 2.45) is 5.92 Å². The van der Waals surface area contributed by atoms with Crippen LogP contribution in [0.3, 0.4) is 0 Å². The van der Waals surface area contributed by atoms with Crippen LogP contribution < -0.4 is 10.1 Å². The number of piperidine rings is 1. The number of amides is 2. The Morgan fingerprint density at radius 2 is 1.76 bits per heavy atom. The van der Waals surface area contributed by atoms with Gasteiger partial charge in [-0.1, -0.05) is 34.1 Å². The molecule has 0 unspecified atom stereocenters. The Balaban J connectivity index is 1.38. The van der Waals surface area contributed by atoms with Gasteiger partial charge in [-0.25, -0.2) is 4.79 Å². The smallest absolute Gasteiger partial charge is 0.434 e. The van der Waals surface area contributed by atoms with Crippen molar-refractivity contribution in [2.45, 2.75) is 32.6 Å². The van der Waals surface area contributed by atoms with E-state index in [4.69, 9.17) is 9.47 Å². The van der Waals surface area contributed by atoms with Crippen LogP contribution in [0.2, 0.25) is 0 Å². The summed E-state index contributed by atoms with van der Waals surface area (Å²) in [6.45, 7) is 3.87. The zero-order chi connectivity index (χ0) is 23.6. The number of hydrogen-bond donors (Lipinski definition) is 1. The highest BCUT2D eigenvalue weighted by Crippen LogP contribution is 2.21. The molecule has 1 N–H and O–H groups in total. The molecule has 2 aromatic rings. The maximum absolute atomic E-state index is 12.8. The number of halogens is 1. The van der Waals surface area contributed by atoms with Crippen LogP contribution >= 0.6 is 15.9 Å². The molecule has 1 fully saturated rings. The van der Waals surface area contributed by atoms with E-state index in [1.807, 2.05) is 29.2 Å². The third kappa shape index (κ3) is 7.60. The van der Waals surface area contributed by atoms with Gasteiger partial charge in [-0.15, -0.1) is 0 Å². The van der Waals surface area contributed by atoms with Gasteiger partial charge in [0, 0.05) is 36.1 Å². The molecule has 0 saturated carbocycles. The van der Waals surface area contributed by atoms with Crippen LogP contribution in [-0.4, -0.2) is 49.1 Å². The van der Waals surface area contributed by atoms with Crippen molar-refractivity contribution < 1.29 is 23.9 Å². The lowest BCUT2D eigenvalue weighted by atomic mass is 9.96. The molecule has 1 aliphatic heterocycles. The maximum Gasteiger partial charge on any atom is 0.513 e. The Morgan fingerprint density at radius 3 is 2.42 bits per heavy atom. The quantitative estimate of drug-likeness (QED) is 0.409. The van der Waals surface area contributed by atoms with Gasteiger partial charge in [0.1, 0.15) is 5.75 Å². The summed E-state index contributed by atoms with van der Waals surface area (Å²) in [5.74, 6) is 0.698. The van der Waals surface area contributed by atoms with Gasteiger partial charge in [0.25, 0.3) is 5.91 Å². The van der Waals surface area contributed by atoms with E-state index in [2.05, 4.69) is 21.2 Å². The molecule has 1 heterocycles. The molecule has 7 nitrogen and oxygen atoms in total. The minimum absolute atomic E-state index is 0.0476. The molecule has 0 aliphatic carbocycles. The molecule has 1 saturated heterocycles. The molecular weight excluding hydrogens is 488 g/mol. The normalized spacial score (nSPS) is 13.9. The van der Waals surface area contributed by atoms with Crippen LogP contribution in [0.1, 0.15) is 42.1 Å². The highest BCUT2D eigenvalue weighted by atomic mass is 79.9. The van der Waals surface area contributed by atoms with Gasteiger partial charge in [0.15, 0.2) is 0 Å². The van der Waals surface area contributed by atoms with E-state index in [-0.39, 0.29) is 18.4 Å². The van der Waals surface area contributed by atoms with E-state index in [0.717, 1.165) is 22.9 Å². The van der Waals surface area contributed by atoms with Crippen LogP contribution in [0, 0.1) is 5.92 Å². The van der Waals surface area contributed by atoms with E-state index in [0.29, 0.717) is 49.7 Å². The summed E-state index contributed by atoms with van der Waals surface area (Å²) in [5, 5.41) is 3.04. The number of ether oxygens (including phenoxy) is 2. The second kappa shape index (κ2) is 12.4. The minimum Gasteiger partial charge on any atom is -0.434 e. The average Bonchev–Trinajstić information content (AvgIpc) is 2.83. The fourth-order valence-corrected chi connectivity index (χ4v) is 4.21. The maximum atomic E-state index is 12.8. The molecular formula is C25H29BrN2O5. The van der Waals surface area contributed by atoms with Gasteiger partial charge in [0.05, 0.1) is 6.61 Å². The summed E-state index contributed by atoms with van der Waals surface area (Å²) < 4.78 is 10.8. The summed E-state index contributed by atoms with van der Waals surface area (Å²) in [4.78, 5) is 38.2. The van der Waals surface area contributed by atoms with Crippen LogP contribution in [0.15, 0.2) is 53.0 Å². The first-order chi connectivity index (χ1) is 16.0. The highest BCUT2D eigenvalue weighted by Gasteiger charge is 2.24. The Bertz CT molecular complexity index is 956. The van der Waals surface area contributed by atoms with Crippen LogP contribution in [0.4, 0.5) is 4.79 Å². The number of carbonyl (C=O) groups is 3. The van der Waals surface area contributed by atoms with Gasteiger partial charge in [-0.05, 0) is 68.0 Å². The summed E-state index contributed by atoms with van der Waals surface area (Å²) >= 11 is 3.51. The zero-order valence-electron chi connectivity index (χ0n) is 18.7. The largest absolute Gasteiger partial charge is 0.513 e. The molecule has 2 amide bonds. The standard InChI is InChI=1S/C25H29BrN2O5/c1-2-32-25(31)33-21-10-7-20(8-11-21)24(30)28-15-13-18(14-16-28)17-27-23(29)12-9-19-5-3-4-6-22(19)26/h3-8,10-11,18H,2,9,12-17H2,1H3,(H,27,29). The van der Waals surface area contributed by atoms with Crippen LogP contribution in [0.5, 0.6) is 5.75 Å². The Labute approximate surface area is 202 Å². The van der Waals surface area contributed by atoms with Crippen molar-refractivity contribution in [1.82, 2.24) is 10.2 Å². The Morgan fingerprint density at radius 1 is 1.06 bits per heavy atom. The monoisotopic (exact) mass is 516 g/mol. The topological polar surface area (TPSA) is 84.9 Å². The minimum atomic E-state index is -0.765. The SMILES string of the molecule is CCOC(=O)Oc1ccc(C(=O)N2CCC(CNC(=O)CCc3ccccc3Br)CC2)cc1. The molecule has 0 radical (unpaired) electrons. The molecule has 33 heavy (non-hydrogen) atoms. The lowest BCUT2D eigenvalue weighted by Gasteiger charge is -2.32.